The van der Waals surface area contributed by atoms with Crippen molar-refractivity contribution in [3.63, 3.8) is 0 Å². The van der Waals surface area contributed by atoms with Gasteiger partial charge in [-0.05, 0) is 50.4 Å². The molecule has 0 saturated heterocycles. The van der Waals surface area contributed by atoms with Gasteiger partial charge in [0.1, 0.15) is 5.82 Å². The molecule has 2 aromatic rings. The number of benzene rings is 1. The summed E-state index contributed by atoms with van der Waals surface area (Å²) in [4.78, 5) is 7.58. The topological polar surface area (TPSA) is 49.8 Å². The Bertz CT molecular complexity index is 744. The summed E-state index contributed by atoms with van der Waals surface area (Å²) in [5.74, 6) is -0.182. The number of alkyl halides is 3. The number of hydrogen-bond acceptors (Lipinski definition) is 4. The van der Waals surface area contributed by atoms with Gasteiger partial charge in [-0.2, -0.15) is 13.2 Å². The zero-order valence-electron chi connectivity index (χ0n) is 13.6. The highest BCUT2D eigenvalue weighted by molar-refractivity contribution is 5.53. The molecule has 25 heavy (non-hydrogen) atoms. The first-order chi connectivity index (χ1) is 11.8. The molecule has 1 fully saturated rings. The van der Waals surface area contributed by atoms with E-state index in [1.165, 1.54) is 24.4 Å². The van der Waals surface area contributed by atoms with Gasteiger partial charge in [-0.1, -0.05) is 6.07 Å². The van der Waals surface area contributed by atoms with Crippen molar-refractivity contribution in [2.45, 2.75) is 32.0 Å². The van der Waals surface area contributed by atoms with Gasteiger partial charge in [0.25, 0.3) is 0 Å². The van der Waals surface area contributed by atoms with Crippen LogP contribution in [0.1, 0.15) is 37.1 Å². The van der Waals surface area contributed by atoms with Crippen molar-refractivity contribution in [3.8, 4) is 0 Å². The van der Waals surface area contributed by atoms with Crippen LogP contribution in [0.4, 0.5) is 29.2 Å². The van der Waals surface area contributed by atoms with Crippen molar-refractivity contribution >= 4 is 11.6 Å². The molecule has 1 atom stereocenters. The minimum absolute atomic E-state index is 0.00191. The van der Waals surface area contributed by atoms with Gasteiger partial charge in [0, 0.05) is 23.5 Å². The zero-order chi connectivity index (χ0) is 18.0. The summed E-state index contributed by atoms with van der Waals surface area (Å²) in [5, 5.41) is 5.70. The molecule has 3 rings (SSSR count). The van der Waals surface area contributed by atoms with Crippen LogP contribution in [0.2, 0.25) is 0 Å². The quantitative estimate of drug-likeness (QED) is 0.753. The van der Waals surface area contributed by atoms with Gasteiger partial charge in [0.15, 0.2) is 5.69 Å². The summed E-state index contributed by atoms with van der Waals surface area (Å²) in [5.41, 5.74) is -0.712. The lowest BCUT2D eigenvalue weighted by atomic mass is 10.1. The van der Waals surface area contributed by atoms with E-state index in [0.717, 1.165) is 18.9 Å². The summed E-state index contributed by atoms with van der Waals surface area (Å²) in [6.45, 7) is 2.34. The average Bonchev–Trinajstić information content (AvgIpc) is 3.36. The molecule has 8 heteroatoms. The van der Waals surface area contributed by atoms with Crippen LogP contribution in [0.3, 0.4) is 0 Å². The molecule has 1 aromatic heterocycles. The van der Waals surface area contributed by atoms with Crippen LogP contribution in [0.25, 0.3) is 0 Å². The van der Waals surface area contributed by atoms with Gasteiger partial charge >= 0.3 is 6.18 Å². The molecule has 1 heterocycles. The molecule has 4 nitrogen and oxygen atoms in total. The fraction of sp³-hybridized carbons (Fsp3) is 0.412. The third kappa shape index (κ3) is 4.66. The number of hydrogen-bond donors (Lipinski definition) is 2. The normalized spacial score (nSPS) is 15.9. The maximum Gasteiger partial charge on any atom is 0.433 e. The SMILES string of the molecule is CC(NCC1CC1)c1cnc(Nc2cccc(F)c2)nc1C(F)(F)F. The van der Waals surface area contributed by atoms with Crippen molar-refractivity contribution in [2.24, 2.45) is 5.92 Å². The van der Waals surface area contributed by atoms with Crippen LogP contribution in [0, 0.1) is 11.7 Å². The maximum absolute atomic E-state index is 13.4. The molecule has 134 valence electrons. The van der Waals surface area contributed by atoms with Gasteiger partial charge in [-0.25, -0.2) is 14.4 Å². The Morgan fingerprint density at radius 1 is 1.28 bits per heavy atom. The molecule has 0 amide bonds. The fourth-order valence-corrected chi connectivity index (χ4v) is 2.47. The molecule has 1 aromatic carbocycles. The Morgan fingerprint density at radius 2 is 2.04 bits per heavy atom. The first-order valence-corrected chi connectivity index (χ1v) is 8.03. The summed E-state index contributed by atoms with van der Waals surface area (Å²) in [7, 11) is 0. The Hall–Kier alpha value is -2.22. The number of aromatic nitrogens is 2. The predicted molar refractivity (Wildman–Crippen MR) is 85.9 cm³/mol. The largest absolute Gasteiger partial charge is 0.433 e. The number of anilines is 2. The summed E-state index contributed by atoms with van der Waals surface area (Å²) < 4.78 is 53.4. The first kappa shape index (κ1) is 17.6. The molecule has 1 aliphatic carbocycles. The van der Waals surface area contributed by atoms with Gasteiger partial charge in [0.05, 0.1) is 0 Å². The maximum atomic E-state index is 13.4. The molecular formula is C17H18F4N4. The first-order valence-electron chi connectivity index (χ1n) is 8.03. The van der Waals surface area contributed by atoms with Crippen LogP contribution in [0.5, 0.6) is 0 Å². The van der Waals surface area contributed by atoms with E-state index >= 15 is 0 Å². The number of halogens is 4. The van der Waals surface area contributed by atoms with Crippen LogP contribution in [-0.2, 0) is 6.18 Å². The second kappa shape index (κ2) is 6.95. The lowest BCUT2D eigenvalue weighted by Crippen LogP contribution is -2.25. The Morgan fingerprint density at radius 3 is 2.68 bits per heavy atom. The van der Waals surface area contributed by atoms with Gasteiger partial charge in [-0.15, -0.1) is 0 Å². The fourth-order valence-electron chi connectivity index (χ4n) is 2.47. The summed E-state index contributed by atoms with van der Waals surface area (Å²) in [6, 6.07) is 4.85. The number of nitrogens with one attached hydrogen (secondary N) is 2. The molecular weight excluding hydrogens is 336 g/mol. The predicted octanol–water partition coefficient (Wildman–Crippen LogP) is 4.44. The molecule has 0 radical (unpaired) electrons. The van der Waals surface area contributed by atoms with Gasteiger partial charge in [0.2, 0.25) is 5.95 Å². The smallest absolute Gasteiger partial charge is 0.324 e. The van der Waals surface area contributed by atoms with E-state index in [9.17, 15) is 17.6 Å². The molecule has 0 spiro atoms. The van der Waals surface area contributed by atoms with Crippen molar-refractivity contribution in [1.82, 2.24) is 15.3 Å². The third-order valence-corrected chi connectivity index (χ3v) is 4.04. The lowest BCUT2D eigenvalue weighted by molar-refractivity contribution is -0.142. The number of nitrogens with zero attached hydrogens (tertiary/aromatic N) is 2. The lowest BCUT2D eigenvalue weighted by Gasteiger charge is -2.19. The van der Waals surface area contributed by atoms with Gasteiger partial charge < -0.3 is 10.6 Å². The second-order valence-corrected chi connectivity index (χ2v) is 6.20. The van der Waals surface area contributed by atoms with Crippen LogP contribution < -0.4 is 10.6 Å². The minimum atomic E-state index is -4.60. The van der Waals surface area contributed by atoms with Crippen LogP contribution in [-0.4, -0.2) is 16.5 Å². The monoisotopic (exact) mass is 354 g/mol. The van der Waals surface area contributed by atoms with Crippen molar-refractivity contribution < 1.29 is 17.6 Å². The molecule has 1 aliphatic rings. The average molecular weight is 354 g/mol. The summed E-state index contributed by atoms with van der Waals surface area (Å²) in [6.07, 6.45) is -1.22. The van der Waals surface area contributed by atoms with E-state index in [1.54, 1.807) is 6.92 Å². The zero-order valence-corrected chi connectivity index (χ0v) is 13.6. The van der Waals surface area contributed by atoms with Crippen molar-refractivity contribution in [2.75, 3.05) is 11.9 Å². The Labute approximate surface area is 142 Å². The van der Waals surface area contributed by atoms with Crippen molar-refractivity contribution in [1.29, 1.82) is 0 Å². The highest BCUT2D eigenvalue weighted by atomic mass is 19.4. The molecule has 2 N–H and O–H groups in total. The highest BCUT2D eigenvalue weighted by Crippen LogP contribution is 2.34. The van der Waals surface area contributed by atoms with E-state index in [-0.39, 0.29) is 17.2 Å². The van der Waals surface area contributed by atoms with Crippen LogP contribution in [0.15, 0.2) is 30.5 Å². The second-order valence-electron chi connectivity index (χ2n) is 6.20. The summed E-state index contributed by atoms with van der Waals surface area (Å²) >= 11 is 0. The molecule has 1 unspecified atom stereocenters. The van der Waals surface area contributed by atoms with Crippen LogP contribution >= 0.6 is 0 Å². The minimum Gasteiger partial charge on any atom is -0.324 e. The van der Waals surface area contributed by atoms with Gasteiger partial charge in [-0.3, -0.25) is 0 Å². The van der Waals surface area contributed by atoms with E-state index in [4.69, 9.17) is 0 Å². The van der Waals surface area contributed by atoms with E-state index in [1.807, 2.05) is 0 Å². The van der Waals surface area contributed by atoms with Crippen molar-refractivity contribution in [3.05, 3.63) is 47.5 Å². The van der Waals surface area contributed by atoms with E-state index in [0.29, 0.717) is 12.5 Å². The molecule has 0 aliphatic heterocycles. The Kier molecular flexibility index (Phi) is 4.89. The highest BCUT2D eigenvalue weighted by Gasteiger charge is 2.37. The number of rotatable bonds is 6. The third-order valence-electron chi connectivity index (χ3n) is 4.04. The molecule has 0 bridgehead atoms. The Balaban J connectivity index is 1.83. The standard InChI is InChI=1S/C17H18F4N4/c1-10(22-8-11-5-6-11)14-9-23-16(25-15(14)17(19,20)21)24-13-4-2-3-12(18)7-13/h2-4,7,9-11,22H,5-6,8H2,1H3,(H,23,24,25). The molecule has 1 saturated carbocycles. The van der Waals surface area contributed by atoms with E-state index < -0.39 is 23.7 Å². The van der Waals surface area contributed by atoms with E-state index in [2.05, 4.69) is 20.6 Å².